The topological polar surface area (TPSA) is 45.1 Å². The van der Waals surface area contributed by atoms with Gasteiger partial charge in [0.15, 0.2) is 0 Å². The van der Waals surface area contributed by atoms with E-state index in [1.807, 2.05) is 11.2 Å². The Bertz CT molecular complexity index is 648. The van der Waals surface area contributed by atoms with Gasteiger partial charge >= 0.3 is 0 Å². The maximum absolute atomic E-state index is 13.8. The summed E-state index contributed by atoms with van der Waals surface area (Å²) in [4.78, 5) is 19.5. The van der Waals surface area contributed by atoms with Crippen molar-refractivity contribution in [2.75, 3.05) is 32.4 Å². The molecule has 0 aliphatic carbocycles. The first-order valence-electron chi connectivity index (χ1n) is 7.81. The maximum atomic E-state index is 13.8. The van der Waals surface area contributed by atoms with Crippen molar-refractivity contribution in [3.05, 3.63) is 35.4 Å². The molecule has 1 fully saturated rings. The number of hydrogen-bond donors (Lipinski definition) is 0. The molecule has 0 bridgehead atoms. The summed E-state index contributed by atoms with van der Waals surface area (Å²) in [6.07, 6.45) is 2.20. The normalized spacial score (nSPS) is 21.5. The predicted octanol–water partition coefficient (Wildman–Crippen LogP) is 2.27. The molecular formula is C16H19F2N3O2S. The zero-order valence-electron chi connectivity index (χ0n) is 13.4. The lowest BCUT2D eigenvalue weighted by atomic mass is 10.0. The lowest BCUT2D eigenvalue weighted by Gasteiger charge is -2.33. The third-order valence-electron chi connectivity index (χ3n) is 4.23. The number of oxime groups is 1. The van der Waals surface area contributed by atoms with E-state index in [9.17, 15) is 13.6 Å². The summed E-state index contributed by atoms with van der Waals surface area (Å²) in [5, 5.41) is 3.87. The second-order valence-electron chi connectivity index (χ2n) is 5.79. The first-order chi connectivity index (χ1) is 11.6. The Labute approximate surface area is 143 Å². The first kappa shape index (κ1) is 17.2. The zero-order chi connectivity index (χ0) is 17.1. The largest absolute Gasteiger partial charge is 0.391 e. The molecule has 3 rings (SSSR count). The second-order valence-corrected chi connectivity index (χ2v) is 6.67. The van der Waals surface area contributed by atoms with Crippen LogP contribution in [0.1, 0.15) is 18.4 Å². The van der Waals surface area contributed by atoms with E-state index in [1.165, 1.54) is 12.1 Å². The van der Waals surface area contributed by atoms with Crippen LogP contribution in [0.5, 0.6) is 0 Å². The molecule has 8 heteroatoms. The molecule has 0 saturated carbocycles. The van der Waals surface area contributed by atoms with Crippen LogP contribution < -0.4 is 0 Å². The average molecular weight is 355 g/mol. The van der Waals surface area contributed by atoms with Gasteiger partial charge in [-0.3, -0.25) is 4.79 Å². The molecule has 1 amide bonds. The highest BCUT2D eigenvalue weighted by atomic mass is 32.2. The Hall–Kier alpha value is -1.67. The minimum Gasteiger partial charge on any atom is -0.391 e. The lowest BCUT2D eigenvalue weighted by Crippen LogP contribution is -2.46. The maximum Gasteiger partial charge on any atom is 0.226 e. The van der Waals surface area contributed by atoms with Crippen LogP contribution in [0.25, 0.3) is 0 Å². The molecule has 130 valence electrons. The van der Waals surface area contributed by atoms with Crippen molar-refractivity contribution < 1.29 is 18.4 Å². The smallest absolute Gasteiger partial charge is 0.226 e. The number of nitrogens with zero attached hydrogens (tertiary/aromatic N) is 3. The molecule has 1 atom stereocenters. The number of piperazine rings is 1. The molecule has 5 nitrogen and oxygen atoms in total. The molecule has 1 aromatic rings. The summed E-state index contributed by atoms with van der Waals surface area (Å²) in [5.74, 6) is -1.28. The molecule has 0 spiro atoms. The van der Waals surface area contributed by atoms with Crippen LogP contribution in [-0.2, 0) is 9.63 Å². The van der Waals surface area contributed by atoms with Gasteiger partial charge in [-0.25, -0.2) is 13.1 Å². The van der Waals surface area contributed by atoms with Crippen LogP contribution >= 0.6 is 11.9 Å². The van der Waals surface area contributed by atoms with E-state index < -0.39 is 17.7 Å². The number of benzene rings is 1. The van der Waals surface area contributed by atoms with Gasteiger partial charge in [-0.15, -0.1) is 0 Å². The zero-order valence-corrected chi connectivity index (χ0v) is 14.2. The van der Waals surface area contributed by atoms with E-state index >= 15 is 0 Å². The Morgan fingerprint density at radius 2 is 2.08 bits per heavy atom. The number of halogens is 2. The van der Waals surface area contributed by atoms with Gasteiger partial charge in [-0.05, 0) is 18.4 Å². The van der Waals surface area contributed by atoms with Gasteiger partial charge in [0.25, 0.3) is 0 Å². The monoisotopic (exact) mass is 355 g/mol. The van der Waals surface area contributed by atoms with E-state index in [4.69, 9.17) is 4.84 Å². The fraction of sp³-hybridized carbons (Fsp3) is 0.500. The van der Waals surface area contributed by atoms with E-state index in [-0.39, 0.29) is 17.9 Å². The first-order valence-corrected chi connectivity index (χ1v) is 9.00. The molecule has 2 aliphatic rings. The minimum atomic E-state index is -0.669. The fourth-order valence-electron chi connectivity index (χ4n) is 2.86. The Morgan fingerprint density at radius 1 is 1.33 bits per heavy atom. The molecule has 0 unspecified atom stereocenters. The van der Waals surface area contributed by atoms with Crippen molar-refractivity contribution in [3.63, 3.8) is 0 Å². The van der Waals surface area contributed by atoms with Crippen LogP contribution in [0.2, 0.25) is 0 Å². The molecule has 1 aromatic carbocycles. The molecule has 0 aromatic heterocycles. The molecular weight excluding hydrogens is 336 g/mol. The summed E-state index contributed by atoms with van der Waals surface area (Å²) >= 11 is 1.68. The van der Waals surface area contributed by atoms with E-state index in [0.29, 0.717) is 25.2 Å². The van der Waals surface area contributed by atoms with Crippen molar-refractivity contribution in [2.45, 2.75) is 18.9 Å². The summed E-state index contributed by atoms with van der Waals surface area (Å²) in [5.41, 5.74) is 0.637. The van der Waals surface area contributed by atoms with Gasteiger partial charge in [0.2, 0.25) is 5.91 Å². The van der Waals surface area contributed by atoms with Crippen molar-refractivity contribution in [1.29, 1.82) is 0 Å². The molecule has 24 heavy (non-hydrogen) atoms. The molecule has 1 saturated heterocycles. The van der Waals surface area contributed by atoms with Gasteiger partial charge in [-0.2, -0.15) is 0 Å². The fourth-order valence-corrected chi connectivity index (χ4v) is 3.39. The summed E-state index contributed by atoms with van der Waals surface area (Å²) in [6, 6.07) is 3.35. The summed E-state index contributed by atoms with van der Waals surface area (Å²) in [7, 11) is 0. The average Bonchev–Trinajstić information content (AvgIpc) is 3.03. The predicted molar refractivity (Wildman–Crippen MR) is 88.7 cm³/mol. The van der Waals surface area contributed by atoms with Crippen LogP contribution in [0.3, 0.4) is 0 Å². The van der Waals surface area contributed by atoms with Gasteiger partial charge in [-0.1, -0.05) is 17.1 Å². The summed E-state index contributed by atoms with van der Waals surface area (Å²) in [6.45, 7) is 3.10. The lowest BCUT2D eigenvalue weighted by molar-refractivity contribution is -0.134. The highest BCUT2D eigenvalue weighted by molar-refractivity contribution is 7.96. The molecule has 0 N–H and O–H groups in total. The molecule has 2 heterocycles. The Balaban J connectivity index is 1.53. The molecule has 2 aliphatic heterocycles. The number of carbonyl (C=O) groups is 1. The van der Waals surface area contributed by atoms with Crippen LogP contribution in [0.15, 0.2) is 23.4 Å². The minimum absolute atomic E-state index is 0.0248. The van der Waals surface area contributed by atoms with E-state index in [1.54, 1.807) is 11.9 Å². The van der Waals surface area contributed by atoms with Gasteiger partial charge < -0.3 is 9.74 Å². The highest BCUT2D eigenvalue weighted by Gasteiger charge is 2.29. The van der Waals surface area contributed by atoms with Crippen molar-refractivity contribution >= 4 is 23.6 Å². The standard InChI is InChI=1S/C16H19F2N3O2S/c1-24-21-6-4-20(5-7-21)16(22)10-12-9-15(19-23-12)13-3-2-11(17)8-14(13)18/h2-3,8,12H,4-7,9-10H2,1H3/t12-/m1/s1. The van der Waals surface area contributed by atoms with Gasteiger partial charge in [0, 0.05) is 44.2 Å². The summed E-state index contributed by atoms with van der Waals surface area (Å²) < 4.78 is 29.0. The quantitative estimate of drug-likeness (QED) is 0.778. The van der Waals surface area contributed by atoms with E-state index in [0.717, 1.165) is 19.2 Å². The van der Waals surface area contributed by atoms with Gasteiger partial charge in [0.1, 0.15) is 17.7 Å². The SMILES string of the molecule is CSN1CCN(C(=O)C[C@H]2CC(c3ccc(F)cc3F)=NO2)CC1. The number of rotatable bonds is 4. The third kappa shape index (κ3) is 3.87. The number of amides is 1. The van der Waals surface area contributed by atoms with E-state index in [2.05, 4.69) is 9.46 Å². The number of carbonyl (C=O) groups excluding carboxylic acids is 1. The van der Waals surface area contributed by atoms with Crippen molar-refractivity contribution in [3.8, 4) is 0 Å². The van der Waals surface area contributed by atoms with Crippen molar-refractivity contribution in [2.24, 2.45) is 5.16 Å². The van der Waals surface area contributed by atoms with Crippen LogP contribution in [0, 0.1) is 11.6 Å². The second kappa shape index (κ2) is 7.48. The van der Waals surface area contributed by atoms with Crippen molar-refractivity contribution in [1.82, 2.24) is 9.21 Å². The van der Waals surface area contributed by atoms with Crippen LogP contribution in [0.4, 0.5) is 8.78 Å². The molecule has 0 radical (unpaired) electrons. The number of hydrogen-bond acceptors (Lipinski definition) is 5. The Morgan fingerprint density at radius 3 is 2.75 bits per heavy atom. The highest BCUT2D eigenvalue weighted by Crippen LogP contribution is 2.22. The van der Waals surface area contributed by atoms with Gasteiger partial charge in [0.05, 0.1) is 12.1 Å². The third-order valence-corrected chi connectivity index (χ3v) is 5.11. The van der Waals surface area contributed by atoms with Crippen LogP contribution in [-0.4, -0.2) is 59.4 Å². The Kier molecular flexibility index (Phi) is 5.35.